The summed E-state index contributed by atoms with van der Waals surface area (Å²) in [6.07, 6.45) is 0. The van der Waals surface area contributed by atoms with E-state index in [1.807, 2.05) is 0 Å². The van der Waals surface area contributed by atoms with Gasteiger partial charge < -0.3 is 0 Å². The van der Waals surface area contributed by atoms with Crippen LogP contribution in [0.2, 0.25) is 0 Å². The summed E-state index contributed by atoms with van der Waals surface area (Å²) in [5, 5.41) is 11.3. The molecule has 7 heteroatoms. The monoisotopic (exact) mass is 378 g/mol. The van der Waals surface area contributed by atoms with Crippen molar-refractivity contribution in [3.05, 3.63) is 88.0 Å². The Hall–Kier alpha value is -3.32. The van der Waals surface area contributed by atoms with E-state index in [1.165, 1.54) is 17.0 Å². The highest BCUT2D eigenvalue weighted by Gasteiger charge is 2.33. The molecule has 0 aliphatic carbocycles. The molecule has 0 spiro atoms. The van der Waals surface area contributed by atoms with Gasteiger partial charge in [-0.25, -0.2) is 4.21 Å². The van der Waals surface area contributed by atoms with Crippen LogP contribution in [0.5, 0.6) is 0 Å². The third-order valence-corrected chi connectivity index (χ3v) is 6.04. The molecule has 1 aliphatic heterocycles. The first-order chi connectivity index (χ1) is 13.0. The quantitative estimate of drug-likeness (QED) is 0.490. The Morgan fingerprint density at radius 2 is 1.48 bits per heavy atom. The Balaban J connectivity index is 1.94. The topological polar surface area (TPSA) is 80.5 Å². The van der Waals surface area contributed by atoms with E-state index in [4.69, 9.17) is 0 Å². The van der Waals surface area contributed by atoms with Gasteiger partial charge in [-0.1, -0.05) is 30.3 Å². The number of nitrogens with zero attached hydrogens (tertiary/aromatic N) is 2. The summed E-state index contributed by atoms with van der Waals surface area (Å²) in [5.41, 5.74) is 1.47. The number of hydrogen-bond acceptors (Lipinski definition) is 4. The van der Waals surface area contributed by atoms with Crippen molar-refractivity contribution in [1.82, 2.24) is 0 Å². The number of hydrogen-bond donors (Lipinski definition) is 0. The highest BCUT2D eigenvalue weighted by molar-refractivity contribution is 7.85. The molecule has 0 saturated carbocycles. The fourth-order valence-corrected chi connectivity index (χ4v) is 4.58. The zero-order chi connectivity index (χ0) is 19.1. The number of amides is 1. The van der Waals surface area contributed by atoms with E-state index in [0.29, 0.717) is 26.7 Å². The van der Waals surface area contributed by atoms with Crippen molar-refractivity contribution in [3.63, 3.8) is 0 Å². The van der Waals surface area contributed by atoms with Gasteiger partial charge in [-0.15, -0.1) is 0 Å². The van der Waals surface area contributed by atoms with Crippen LogP contribution in [-0.2, 0) is 10.8 Å². The summed E-state index contributed by atoms with van der Waals surface area (Å²) >= 11 is 0. The highest BCUT2D eigenvalue weighted by atomic mass is 32.2. The molecule has 6 nitrogen and oxygen atoms in total. The number of rotatable bonds is 2. The van der Waals surface area contributed by atoms with Crippen molar-refractivity contribution < 1.29 is 13.9 Å². The Morgan fingerprint density at radius 3 is 2.04 bits per heavy atom. The number of carbonyl (C=O) groups is 1. The van der Waals surface area contributed by atoms with E-state index in [0.717, 1.165) is 0 Å². The van der Waals surface area contributed by atoms with Crippen LogP contribution < -0.4 is 4.90 Å². The minimum absolute atomic E-state index is 0.108. The molecule has 0 N–H and O–H groups in total. The average molecular weight is 378 g/mol. The number of para-hydroxylation sites is 2. The van der Waals surface area contributed by atoms with E-state index in [-0.39, 0.29) is 11.3 Å². The maximum Gasteiger partial charge on any atom is 0.273 e. The third kappa shape index (κ3) is 2.63. The van der Waals surface area contributed by atoms with Crippen LogP contribution in [0.4, 0.5) is 17.1 Å². The minimum atomic E-state index is -1.40. The Morgan fingerprint density at radius 1 is 0.926 bits per heavy atom. The Labute approximate surface area is 157 Å². The molecule has 0 unspecified atom stereocenters. The lowest BCUT2D eigenvalue weighted by molar-refractivity contribution is -0.385. The molecule has 134 valence electrons. The second kappa shape index (κ2) is 6.44. The van der Waals surface area contributed by atoms with E-state index in [2.05, 4.69) is 0 Å². The Bertz CT molecular complexity index is 1080. The van der Waals surface area contributed by atoms with Crippen LogP contribution in [0.15, 0.2) is 76.5 Å². The van der Waals surface area contributed by atoms with Crippen LogP contribution in [-0.4, -0.2) is 15.0 Å². The van der Waals surface area contributed by atoms with Crippen molar-refractivity contribution in [2.75, 3.05) is 4.90 Å². The lowest BCUT2D eigenvalue weighted by atomic mass is 10.0. The molecule has 1 amide bonds. The molecule has 1 aliphatic rings. The molecule has 3 aromatic carbocycles. The lowest BCUT2D eigenvalue weighted by Crippen LogP contribution is -2.31. The van der Waals surface area contributed by atoms with Gasteiger partial charge in [-0.05, 0) is 37.3 Å². The maximum absolute atomic E-state index is 13.4. The third-order valence-electron chi connectivity index (χ3n) is 4.55. The van der Waals surface area contributed by atoms with Gasteiger partial charge in [0.25, 0.3) is 11.6 Å². The molecule has 0 radical (unpaired) electrons. The lowest BCUT2D eigenvalue weighted by Gasteiger charge is -2.31. The second-order valence-corrected chi connectivity index (χ2v) is 7.47. The molecular weight excluding hydrogens is 364 g/mol. The Kier molecular flexibility index (Phi) is 4.08. The normalized spacial score (nSPS) is 13.0. The summed E-state index contributed by atoms with van der Waals surface area (Å²) in [6.45, 7) is 1.56. The van der Waals surface area contributed by atoms with E-state index in [9.17, 15) is 19.1 Å². The molecule has 0 bridgehead atoms. The van der Waals surface area contributed by atoms with Gasteiger partial charge in [0.2, 0.25) is 0 Å². The van der Waals surface area contributed by atoms with Crippen LogP contribution in [0.25, 0.3) is 0 Å². The van der Waals surface area contributed by atoms with Gasteiger partial charge >= 0.3 is 0 Å². The van der Waals surface area contributed by atoms with Gasteiger partial charge in [0.15, 0.2) is 0 Å². The first-order valence-electron chi connectivity index (χ1n) is 8.19. The highest BCUT2D eigenvalue weighted by Crippen LogP contribution is 2.42. The molecule has 1 heterocycles. The van der Waals surface area contributed by atoms with Gasteiger partial charge in [0.05, 0.1) is 42.5 Å². The fraction of sp³-hybridized carbons (Fsp3) is 0.0500. The average Bonchev–Trinajstić information content (AvgIpc) is 2.68. The molecular formula is C20H14N2O4S. The summed E-state index contributed by atoms with van der Waals surface area (Å²) in [4.78, 5) is 26.7. The number of anilines is 2. The van der Waals surface area contributed by atoms with E-state index in [1.54, 1.807) is 61.5 Å². The summed E-state index contributed by atoms with van der Waals surface area (Å²) in [6, 6.07) is 18.4. The van der Waals surface area contributed by atoms with Crippen molar-refractivity contribution >= 4 is 33.8 Å². The maximum atomic E-state index is 13.4. The fourth-order valence-electron chi connectivity index (χ4n) is 3.24. The predicted octanol–water partition coefficient (Wildman–Crippen LogP) is 4.36. The van der Waals surface area contributed by atoms with Crippen molar-refractivity contribution in [2.24, 2.45) is 0 Å². The first-order valence-corrected chi connectivity index (χ1v) is 9.34. The zero-order valence-electron chi connectivity index (χ0n) is 14.3. The molecule has 0 atom stereocenters. The van der Waals surface area contributed by atoms with Crippen LogP contribution in [0, 0.1) is 17.0 Å². The molecule has 0 fully saturated rings. The number of fused-ring (bicyclic) bond motifs is 2. The summed E-state index contributed by atoms with van der Waals surface area (Å²) in [7, 11) is -1.40. The molecule has 0 aromatic heterocycles. The van der Waals surface area contributed by atoms with Gasteiger partial charge in [-0.3, -0.25) is 19.8 Å². The van der Waals surface area contributed by atoms with Gasteiger partial charge in [0.1, 0.15) is 0 Å². The number of nitro groups is 1. The minimum Gasteiger partial charge on any atom is -0.275 e. The smallest absolute Gasteiger partial charge is 0.273 e. The van der Waals surface area contributed by atoms with Gasteiger partial charge in [-0.2, -0.15) is 0 Å². The van der Waals surface area contributed by atoms with Crippen molar-refractivity contribution in [3.8, 4) is 0 Å². The second-order valence-electron chi connectivity index (χ2n) is 6.05. The molecule has 3 aromatic rings. The summed E-state index contributed by atoms with van der Waals surface area (Å²) in [5.74, 6) is -0.396. The van der Waals surface area contributed by atoms with Crippen LogP contribution in [0.1, 0.15) is 15.9 Å². The van der Waals surface area contributed by atoms with E-state index >= 15 is 0 Å². The first kappa shape index (κ1) is 17.1. The number of benzene rings is 3. The molecule has 0 saturated heterocycles. The SMILES string of the molecule is Cc1c(C(=O)N2c3ccccc3S(=O)c3ccccc32)cccc1[N+](=O)[O-]. The van der Waals surface area contributed by atoms with Crippen LogP contribution >= 0.6 is 0 Å². The number of carbonyl (C=O) groups excluding carboxylic acids is 1. The largest absolute Gasteiger partial charge is 0.275 e. The summed E-state index contributed by atoms with van der Waals surface area (Å²) < 4.78 is 12.9. The standard InChI is InChI=1S/C20H14N2O4S/c1-13-14(7-6-10-15(13)22(24)25)20(23)21-16-8-2-4-11-18(16)27(26)19-12-5-3-9-17(19)21/h2-12H,1H3. The number of nitro benzene ring substituents is 1. The van der Waals surface area contributed by atoms with Crippen molar-refractivity contribution in [2.45, 2.75) is 16.7 Å². The molecule has 4 rings (SSSR count). The predicted molar refractivity (Wildman–Crippen MR) is 102 cm³/mol. The van der Waals surface area contributed by atoms with Crippen molar-refractivity contribution in [1.29, 1.82) is 0 Å². The zero-order valence-corrected chi connectivity index (χ0v) is 15.1. The van der Waals surface area contributed by atoms with Gasteiger partial charge in [0, 0.05) is 11.6 Å². The van der Waals surface area contributed by atoms with Crippen LogP contribution in [0.3, 0.4) is 0 Å². The molecule has 27 heavy (non-hydrogen) atoms. The van der Waals surface area contributed by atoms with E-state index < -0.39 is 21.6 Å².